The Morgan fingerprint density at radius 3 is 2.70 bits per heavy atom. The zero-order valence-electron chi connectivity index (χ0n) is 16.7. The zero-order chi connectivity index (χ0) is 20.3. The van der Waals surface area contributed by atoms with E-state index in [2.05, 4.69) is 15.0 Å². The molecule has 1 saturated heterocycles. The van der Waals surface area contributed by atoms with Gasteiger partial charge in [0.2, 0.25) is 0 Å². The van der Waals surface area contributed by atoms with Gasteiger partial charge in [0.15, 0.2) is 5.82 Å². The van der Waals surface area contributed by atoms with Crippen molar-refractivity contribution in [1.82, 2.24) is 19.9 Å². The lowest BCUT2D eigenvalue weighted by atomic mass is 9.96. The molecular formula is C22H24N4O3S. The number of piperazine rings is 1. The van der Waals surface area contributed by atoms with Crippen LogP contribution in [0.15, 0.2) is 46.3 Å². The molecule has 0 bridgehead atoms. The average Bonchev–Trinajstić information content (AvgIpc) is 3.43. The molecular weight excluding hydrogens is 400 g/mol. The SMILES string of the molecule is O=C(c1ccccc1OC1CCC1)N1CCN(Cc2noc(-c3cccs3)n2)CC1. The summed E-state index contributed by atoms with van der Waals surface area (Å²) in [6.45, 7) is 3.53. The van der Waals surface area contributed by atoms with Crippen LogP contribution in [0, 0.1) is 0 Å². The Kier molecular flexibility index (Phi) is 5.50. The van der Waals surface area contributed by atoms with Gasteiger partial charge in [-0.3, -0.25) is 9.69 Å². The van der Waals surface area contributed by atoms with Crippen molar-refractivity contribution in [3.8, 4) is 16.5 Å². The number of para-hydroxylation sites is 1. The standard InChI is InChI=1S/C22H24N4O3S/c27-22(17-7-1-2-8-18(17)28-16-5-3-6-16)26-12-10-25(11-13-26)15-20-23-21(29-24-20)19-9-4-14-30-19/h1-2,4,7-9,14,16H,3,5-6,10-13,15H2. The molecule has 0 unspecified atom stereocenters. The van der Waals surface area contributed by atoms with Crippen LogP contribution in [-0.2, 0) is 6.54 Å². The van der Waals surface area contributed by atoms with Crippen LogP contribution in [0.5, 0.6) is 5.75 Å². The number of hydrogen-bond donors (Lipinski definition) is 0. The Hall–Kier alpha value is -2.71. The first-order valence-corrected chi connectivity index (χ1v) is 11.3. The van der Waals surface area contributed by atoms with Crippen LogP contribution in [0.2, 0.25) is 0 Å². The molecule has 2 aromatic heterocycles. The Balaban J connectivity index is 1.18. The first kappa shape index (κ1) is 19.3. The summed E-state index contributed by atoms with van der Waals surface area (Å²) in [7, 11) is 0. The number of thiophene rings is 1. The number of hydrogen-bond acceptors (Lipinski definition) is 7. The van der Waals surface area contributed by atoms with E-state index in [-0.39, 0.29) is 12.0 Å². The maximum atomic E-state index is 13.1. The van der Waals surface area contributed by atoms with E-state index in [0.717, 1.165) is 30.8 Å². The third-order valence-electron chi connectivity index (χ3n) is 5.69. The lowest BCUT2D eigenvalue weighted by Crippen LogP contribution is -2.48. The van der Waals surface area contributed by atoms with Gasteiger partial charge in [-0.1, -0.05) is 23.4 Å². The summed E-state index contributed by atoms with van der Waals surface area (Å²) in [5.41, 5.74) is 0.664. The highest BCUT2D eigenvalue weighted by molar-refractivity contribution is 7.13. The van der Waals surface area contributed by atoms with Gasteiger partial charge in [-0.15, -0.1) is 11.3 Å². The van der Waals surface area contributed by atoms with E-state index in [4.69, 9.17) is 9.26 Å². The van der Waals surface area contributed by atoms with Crippen LogP contribution < -0.4 is 4.74 Å². The zero-order valence-corrected chi connectivity index (χ0v) is 17.5. The molecule has 5 rings (SSSR count). The monoisotopic (exact) mass is 424 g/mol. The Morgan fingerprint density at radius 2 is 1.97 bits per heavy atom. The lowest BCUT2D eigenvalue weighted by molar-refractivity contribution is 0.0610. The number of aromatic nitrogens is 2. The van der Waals surface area contributed by atoms with Crippen molar-refractivity contribution < 1.29 is 14.1 Å². The van der Waals surface area contributed by atoms with Crippen LogP contribution in [0.25, 0.3) is 10.8 Å². The van der Waals surface area contributed by atoms with Crippen LogP contribution in [-0.4, -0.2) is 58.1 Å². The van der Waals surface area contributed by atoms with Crippen LogP contribution >= 0.6 is 11.3 Å². The number of rotatable bonds is 6. The fourth-order valence-corrected chi connectivity index (χ4v) is 4.36. The van der Waals surface area contributed by atoms with E-state index >= 15 is 0 Å². The van der Waals surface area contributed by atoms with Crippen LogP contribution in [0.4, 0.5) is 0 Å². The van der Waals surface area contributed by atoms with Crippen molar-refractivity contribution in [3.63, 3.8) is 0 Å². The van der Waals surface area contributed by atoms with Gasteiger partial charge >= 0.3 is 0 Å². The smallest absolute Gasteiger partial charge is 0.268 e. The Morgan fingerprint density at radius 1 is 1.13 bits per heavy atom. The normalized spacial score (nSPS) is 17.7. The minimum atomic E-state index is 0.0455. The quantitative estimate of drug-likeness (QED) is 0.601. The second-order valence-corrected chi connectivity index (χ2v) is 8.68. The molecule has 2 aliphatic rings. The van der Waals surface area contributed by atoms with Gasteiger partial charge < -0.3 is 14.2 Å². The molecule has 3 heterocycles. The number of carbonyl (C=O) groups is 1. The number of nitrogens with zero attached hydrogens (tertiary/aromatic N) is 4. The molecule has 1 aromatic carbocycles. The second-order valence-electron chi connectivity index (χ2n) is 7.73. The average molecular weight is 425 g/mol. The Labute approximate surface area is 179 Å². The number of benzene rings is 1. The minimum Gasteiger partial charge on any atom is -0.490 e. The van der Waals surface area contributed by atoms with Gasteiger partial charge in [0.25, 0.3) is 11.8 Å². The van der Waals surface area contributed by atoms with E-state index in [1.165, 1.54) is 6.42 Å². The summed E-state index contributed by atoms with van der Waals surface area (Å²) in [5.74, 6) is 2.00. The van der Waals surface area contributed by atoms with Crippen LogP contribution in [0.1, 0.15) is 35.4 Å². The molecule has 0 N–H and O–H groups in total. The van der Waals surface area contributed by atoms with Crippen molar-refractivity contribution in [2.24, 2.45) is 0 Å². The van der Waals surface area contributed by atoms with Gasteiger partial charge in [-0.05, 0) is 42.8 Å². The first-order valence-electron chi connectivity index (χ1n) is 10.4. The molecule has 7 nitrogen and oxygen atoms in total. The summed E-state index contributed by atoms with van der Waals surface area (Å²) in [5, 5.41) is 6.09. The molecule has 156 valence electrons. The fourth-order valence-electron chi connectivity index (χ4n) is 3.71. The lowest BCUT2D eigenvalue weighted by Gasteiger charge is -2.34. The molecule has 1 saturated carbocycles. The largest absolute Gasteiger partial charge is 0.490 e. The highest BCUT2D eigenvalue weighted by Crippen LogP contribution is 2.28. The molecule has 0 radical (unpaired) electrons. The predicted molar refractivity (Wildman–Crippen MR) is 114 cm³/mol. The number of carbonyl (C=O) groups excluding carboxylic acids is 1. The van der Waals surface area contributed by atoms with Gasteiger partial charge in [-0.2, -0.15) is 4.98 Å². The van der Waals surface area contributed by atoms with Crippen molar-refractivity contribution >= 4 is 17.2 Å². The van der Waals surface area contributed by atoms with Gasteiger partial charge in [0.05, 0.1) is 23.1 Å². The fraction of sp³-hybridized carbons (Fsp3) is 0.409. The summed E-state index contributed by atoms with van der Waals surface area (Å²) in [4.78, 5) is 22.7. The highest BCUT2D eigenvalue weighted by atomic mass is 32.1. The molecule has 1 aliphatic carbocycles. The molecule has 1 amide bonds. The van der Waals surface area contributed by atoms with E-state index < -0.39 is 0 Å². The maximum Gasteiger partial charge on any atom is 0.268 e. The van der Waals surface area contributed by atoms with Crippen LogP contribution in [0.3, 0.4) is 0 Å². The van der Waals surface area contributed by atoms with E-state index in [1.807, 2.05) is 46.7 Å². The molecule has 3 aromatic rings. The Bertz CT molecular complexity index is 991. The maximum absolute atomic E-state index is 13.1. The molecule has 8 heteroatoms. The van der Waals surface area contributed by atoms with Gasteiger partial charge in [0.1, 0.15) is 5.75 Å². The van der Waals surface area contributed by atoms with Crippen molar-refractivity contribution in [2.45, 2.75) is 31.9 Å². The topological polar surface area (TPSA) is 71.7 Å². The number of ether oxygens (including phenoxy) is 1. The highest BCUT2D eigenvalue weighted by Gasteiger charge is 2.27. The molecule has 2 fully saturated rings. The first-order chi connectivity index (χ1) is 14.8. The molecule has 0 spiro atoms. The molecule has 1 aliphatic heterocycles. The van der Waals surface area contributed by atoms with Gasteiger partial charge in [-0.25, -0.2) is 0 Å². The summed E-state index contributed by atoms with van der Waals surface area (Å²) >= 11 is 1.58. The van der Waals surface area contributed by atoms with E-state index in [9.17, 15) is 4.79 Å². The minimum absolute atomic E-state index is 0.0455. The van der Waals surface area contributed by atoms with E-state index in [0.29, 0.717) is 42.7 Å². The third kappa shape index (κ3) is 4.11. The third-order valence-corrected chi connectivity index (χ3v) is 6.55. The molecule has 30 heavy (non-hydrogen) atoms. The summed E-state index contributed by atoms with van der Waals surface area (Å²) < 4.78 is 11.4. The molecule has 0 atom stereocenters. The van der Waals surface area contributed by atoms with Crippen molar-refractivity contribution in [1.29, 1.82) is 0 Å². The predicted octanol–water partition coefficient (Wildman–Crippen LogP) is 3.69. The van der Waals surface area contributed by atoms with E-state index in [1.54, 1.807) is 11.3 Å². The number of amides is 1. The summed E-state index contributed by atoms with van der Waals surface area (Å²) in [6, 6.07) is 11.5. The van der Waals surface area contributed by atoms with Crippen molar-refractivity contribution in [2.75, 3.05) is 26.2 Å². The van der Waals surface area contributed by atoms with Crippen molar-refractivity contribution in [3.05, 3.63) is 53.2 Å². The summed E-state index contributed by atoms with van der Waals surface area (Å²) in [6.07, 6.45) is 3.61. The van der Waals surface area contributed by atoms with Gasteiger partial charge in [0, 0.05) is 26.2 Å². The second kappa shape index (κ2) is 8.57.